The van der Waals surface area contributed by atoms with Crippen LogP contribution in [0.4, 0.5) is 15.8 Å². The van der Waals surface area contributed by atoms with E-state index in [1.54, 1.807) is 29.2 Å². The highest BCUT2D eigenvalue weighted by molar-refractivity contribution is 7.99. The summed E-state index contributed by atoms with van der Waals surface area (Å²) in [6.45, 7) is 1.11. The molecule has 3 amide bonds. The lowest BCUT2D eigenvalue weighted by atomic mass is 10.1. The zero-order valence-corrected chi connectivity index (χ0v) is 20.2. The van der Waals surface area contributed by atoms with Gasteiger partial charge in [0.1, 0.15) is 12.4 Å². The van der Waals surface area contributed by atoms with Crippen LogP contribution in [0.3, 0.4) is 0 Å². The van der Waals surface area contributed by atoms with Gasteiger partial charge in [0.2, 0.25) is 5.91 Å². The van der Waals surface area contributed by atoms with Crippen LogP contribution < -0.4 is 10.2 Å². The van der Waals surface area contributed by atoms with E-state index in [9.17, 15) is 18.8 Å². The molecular weight excluding hydrogens is 489 g/mol. The first-order chi connectivity index (χ1) is 16.9. The standard InChI is InChI=1S/C26H21ClFN3O3S/c27-19-14-17(28)8-9-20(19)29-24(32)15-31-21-13-16(25(33)30-11-3-4-12-30)7-10-23(21)35-22-6-2-1-5-18(22)26(31)34/h1-2,5-10,13-14H,3-4,11-12,15H2,(H,29,32). The monoisotopic (exact) mass is 509 g/mol. The van der Waals surface area contributed by atoms with Crippen molar-refractivity contribution in [2.45, 2.75) is 22.6 Å². The zero-order chi connectivity index (χ0) is 24.5. The van der Waals surface area contributed by atoms with Crippen molar-refractivity contribution in [1.29, 1.82) is 0 Å². The first-order valence-electron chi connectivity index (χ1n) is 11.2. The lowest BCUT2D eigenvalue weighted by Gasteiger charge is -2.24. The van der Waals surface area contributed by atoms with Gasteiger partial charge in [-0.25, -0.2) is 4.39 Å². The van der Waals surface area contributed by atoms with Crippen LogP contribution in [0.1, 0.15) is 33.6 Å². The Kier molecular flexibility index (Phi) is 6.49. The fourth-order valence-electron chi connectivity index (χ4n) is 4.24. The molecule has 0 radical (unpaired) electrons. The maximum absolute atomic E-state index is 13.6. The normalized spacial score (nSPS) is 14.9. The minimum atomic E-state index is -0.520. The fourth-order valence-corrected chi connectivity index (χ4v) is 5.51. The molecule has 1 N–H and O–H groups in total. The molecule has 6 nitrogen and oxygen atoms in total. The van der Waals surface area contributed by atoms with Crippen molar-refractivity contribution >= 4 is 52.5 Å². The number of carbonyl (C=O) groups is 3. The van der Waals surface area contributed by atoms with Crippen molar-refractivity contribution in [3.8, 4) is 0 Å². The van der Waals surface area contributed by atoms with Crippen molar-refractivity contribution in [1.82, 2.24) is 4.90 Å². The van der Waals surface area contributed by atoms with Gasteiger partial charge >= 0.3 is 0 Å². The Labute approximate surface area is 211 Å². The van der Waals surface area contributed by atoms with Crippen LogP contribution in [0.15, 0.2) is 70.5 Å². The third kappa shape index (κ3) is 4.76. The molecule has 0 aromatic heterocycles. The van der Waals surface area contributed by atoms with Crippen molar-refractivity contribution in [2.24, 2.45) is 0 Å². The topological polar surface area (TPSA) is 69.7 Å². The molecule has 0 bridgehead atoms. The average Bonchev–Trinajstić information content (AvgIpc) is 3.36. The highest BCUT2D eigenvalue weighted by Crippen LogP contribution is 2.42. The first kappa shape index (κ1) is 23.4. The molecule has 9 heteroatoms. The Morgan fingerprint density at radius 3 is 2.54 bits per heavy atom. The average molecular weight is 510 g/mol. The summed E-state index contributed by atoms with van der Waals surface area (Å²) in [5, 5.41) is 2.71. The number of hydrogen-bond acceptors (Lipinski definition) is 4. The summed E-state index contributed by atoms with van der Waals surface area (Å²) in [6, 6.07) is 16.1. The summed E-state index contributed by atoms with van der Waals surface area (Å²) in [4.78, 5) is 44.3. The Hall–Kier alpha value is -3.36. The number of nitrogens with one attached hydrogen (secondary N) is 1. The molecule has 2 aliphatic rings. The molecule has 5 rings (SSSR count). The minimum Gasteiger partial charge on any atom is -0.339 e. The quantitative estimate of drug-likeness (QED) is 0.506. The summed E-state index contributed by atoms with van der Waals surface area (Å²) in [5.74, 6) is -1.46. The number of fused-ring (bicyclic) bond motifs is 2. The molecule has 1 saturated heterocycles. The Balaban J connectivity index is 1.50. The van der Waals surface area contributed by atoms with Crippen LogP contribution in [0.25, 0.3) is 0 Å². The molecule has 2 heterocycles. The Morgan fingerprint density at radius 2 is 1.77 bits per heavy atom. The molecule has 2 aliphatic heterocycles. The van der Waals surface area contributed by atoms with Gasteiger partial charge in [0, 0.05) is 28.4 Å². The molecule has 0 unspecified atom stereocenters. The molecule has 0 saturated carbocycles. The maximum Gasteiger partial charge on any atom is 0.259 e. The molecular formula is C26H21ClFN3O3S. The third-order valence-electron chi connectivity index (χ3n) is 5.98. The number of hydrogen-bond donors (Lipinski definition) is 1. The van der Waals surface area contributed by atoms with Gasteiger partial charge in [0.25, 0.3) is 11.8 Å². The van der Waals surface area contributed by atoms with E-state index in [1.807, 2.05) is 18.2 Å². The lowest BCUT2D eigenvalue weighted by Crippen LogP contribution is -2.38. The molecule has 0 aliphatic carbocycles. The second kappa shape index (κ2) is 9.71. The molecule has 0 atom stereocenters. The van der Waals surface area contributed by atoms with Crippen LogP contribution >= 0.6 is 23.4 Å². The second-order valence-corrected chi connectivity index (χ2v) is 9.83. The summed E-state index contributed by atoms with van der Waals surface area (Å²) in [5.41, 5.74) is 1.67. The van der Waals surface area contributed by atoms with E-state index >= 15 is 0 Å². The van der Waals surface area contributed by atoms with E-state index in [0.29, 0.717) is 29.9 Å². The molecule has 3 aromatic carbocycles. The van der Waals surface area contributed by atoms with Crippen LogP contribution in [0.2, 0.25) is 5.02 Å². The number of halogens is 2. The molecule has 3 aromatic rings. The van der Waals surface area contributed by atoms with Crippen molar-refractivity contribution in [3.63, 3.8) is 0 Å². The largest absolute Gasteiger partial charge is 0.339 e. The summed E-state index contributed by atoms with van der Waals surface area (Å²) in [6.07, 6.45) is 1.94. The van der Waals surface area contributed by atoms with Crippen LogP contribution in [0, 0.1) is 5.82 Å². The number of anilines is 2. The third-order valence-corrected chi connectivity index (χ3v) is 7.43. The van der Waals surface area contributed by atoms with Gasteiger partial charge in [-0.2, -0.15) is 0 Å². The first-order valence-corrected chi connectivity index (χ1v) is 12.4. The number of rotatable bonds is 4. The van der Waals surface area contributed by atoms with Gasteiger partial charge in [-0.05, 0) is 61.4 Å². The summed E-state index contributed by atoms with van der Waals surface area (Å²) < 4.78 is 13.4. The van der Waals surface area contributed by atoms with Gasteiger partial charge in [0.05, 0.1) is 22.0 Å². The highest BCUT2D eigenvalue weighted by Gasteiger charge is 2.30. The van der Waals surface area contributed by atoms with Crippen molar-refractivity contribution in [2.75, 3.05) is 29.9 Å². The van der Waals surface area contributed by atoms with E-state index in [0.717, 1.165) is 28.7 Å². The number of nitrogens with zero attached hydrogens (tertiary/aromatic N) is 2. The van der Waals surface area contributed by atoms with E-state index in [4.69, 9.17) is 11.6 Å². The summed E-state index contributed by atoms with van der Waals surface area (Å²) in [7, 11) is 0. The van der Waals surface area contributed by atoms with E-state index in [1.165, 1.54) is 28.8 Å². The summed E-state index contributed by atoms with van der Waals surface area (Å²) >= 11 is 7.47. The van der Waals surface area contributed by atoms with Crippen LogP contribution in [-0.4, -0.2) is 42.3 Å². The Morgan fingerprint density at radius 1 is 1.00 bits per heavy atom. The minimum absolute atomic E-state index is 0.0559. The smallest absolute Gasteiger partial charge is 0.259 e. The van der Waals surface area contributed by atoms with Gasteiger partial charge in [-0.1, -0.05) is 35.5 Å². The highest BCUT2D eigenvalue weighted by atomic mass is 35.5. The molecule has 178 valence electrons. The molecule has 1 fully saturated rings. The van der Waals surface area contributed by atoms with Crippen LogP contribution in [0.5, 0.6) is 0 Å². The van der Waals surface area contributed by atoms with E-state index in [2.05, 4.69) is 5.32 Å². The maximum atomic E-state index is 13.6. The number of benzene rings is 3. The van der Waals surface area contributed by atoms with Gasteiger partial charge in [0.15, 0.2) is 0 Å². The second-order valence-electron chi connectivity index (χ2n) is 8.34. The van der Waals surface area contributed by atoms with Crippen molar-refractivity contribution < 1.29 is 18.8 Å². The Bertz CT molecular complexity index is 1340. The molecule has 0 spiro atoms. The fraction of sp³-hybridized carbons (Fsp3) is 0.192. The van der Waals surface area contributed by atoms with Gasteiger partial charge in [-0.3, -0.25) is 19.3 Å². The number of amides is 3. The van der Waals surface area contributed by atoms with E-state index < -0.39 is 11.7 Å². The SMILES string of the molecule is O=C(CN1C(=O)c2ccccc2Sc2ccc(C(=O)N3CCCC3)cc21)Nc1ccc(F)cc1Cl. The number of likely N-dealkylation sites (tertiary alicyclic amines) is 1. The zero-order valence-electron chi connectivity index (χ0n) is 18.6. The number of carbonyl (C=O) groups excluding carboxylic acids is 3. The predicted molar refractivity (Wildman–Crippen MR) is 134 cm³/mol. The van der Waals surface area contributed by atoms with E-state index in [-0.39, 0.29) is 29.1 Å². The van der Waals surface area contributed by atoms with Gasteiger partial charge < -0.3 is 10.2 Å². The molecule has 35 heavy (non-hydrogen) atoms. The lowest BCUT2D eigenvalue weighted by molar-refractivity contribution is -0.114. The van der Waals surface area contributed by atoms with Gasteiger partial charge in [-0.15, -0.1) is 0 Å². The van der Waals surface area contributed by atoms with Crippen molar-refractivity contribution in [3.05, 3.63) is 82.6 Å². The predicted octanol–water partition coefficient (Wildman–Crippen LogP) is 5.47. The van der Waals surface area contributed by atoms with Crippen LogP contribution in [-0.2, 0) is 4.79 Å².